The Hall–Kier alpha value is -1.36. The van der Waals surface area contributed by atoms with E-state index in [1.54, 1.807) is 12.2 Å². The molecule has 2 N–H and O–H groups in total. The van der Waals surface area contributed by atoms with Crippen molar-refractivity contribution in [3.8, 4) is 0 Å². The first kappa shape index (κ1) is 12.6. The van der Waals surface area contributed by atoms with Gasteiger partial charge in [0.25, 0.3) is 0 Å². The molecule has 0 aliphatic carbocycles. The van der Waals surface area contributed by atoms with E-state index in [4.69, 9.17) is 17.0 Å². The van der Waals surface area contributed by atoms with Crippen LogP contribution in [0.2, 0.25) is 0 Å². The Labute approximate surface area is 89.0 Å². The second kappa shape index (κ2) is 8.25. The molecule has 78 valence electrons. The summed E-state index contributed by atoms with van der Waals surface area (Å²) in [5, 5.41) is 5.32. The number of hydrogen-bond acceptors (Lipinski definition) is 3. The van der Waals surface area contributed by atoms with E-state index in [1.807, 2.05) is 0 Å². The van der Waals surface area contributed by atoms with Crippen molar-refractivity contribution < 1.29 is 9.53 Å². The maximum atomic E-state index is 11.0. The van der Waals surface area contributed by atoms with Crippen molar-refractivity contribution in [2.24, 2.45) is 0 Å². The number of carbonyl (C=O) groups is 1. The molecule has 0 bridgehead atoms. The first-order valence-corrected chi connectivity index (χ1v) is 4.55. The van der Waals surface area contributed by atoms with E-state index in [0.29, 0.717) is 19.6 Å². The average Bonchev–Trinajstić information content (AvgIpc) is 2.15. The second-order valence-electron chi connectivity index (χ2n) is 2.34. The molecule has 0 aromatic carbocycles. The van der Waals surface area contributed by atoms with E-state index >= 15 is 0 Å². The SMILES string of the molecule is C=CCCOC(=O)NC(=S)NCC=C. The van der Waals surface area contributed by atoms with Gasteiger partial charge in [-0.2, -0.15) is 0 Å². The summed E-state index contributed by atoms with van der Waals surface area (Å²) in [5.74, 6) is 0. The number of rotatable bonds is 5. The summed E-state index contributed by atoms with van der Waals surface area (Å²) in [7, 11) is 0. The van der Waals surface area contributed by atoms with Crippen molar-refractivity contribution in [1.29, 1.82) is 0 Å². The Morgan fingerprint density at radius 3 is 2.71 bits per heavy atom. The van der Waals surface area contributed by atoms with Crippen LogP contribution in [0.25, 0.3) is 0 Å². The summed E-state index contributed by atoms with van der Waals surface area (Å²) in [6.45, 7) is 7.80. The van der Waals surface area contributed by atoms with Crippen LogP contribution in [0.3, 0.4) is 0 Å². The molecule has 0 aliphatic heterocycles. The number of alkyl carbamates (subject to hydrolysis) is 1. The highest BCUT2D eigenvalue weighted by atomic mass is 32.1. The maximum absolute atomic E-state index is 11.0. The molecular formula is C9H14N2O2S. The highest BCUT2D eigenvalue weighted by molar-refractivity contribution is 7.80. The minimum absolute atomic E-state index is 0.230. The third-order valence-electron chi connectivity index (χ3n) is 1.18. The Balaban J connectivity index is 3.54. The summed E-state index contributed by atoms with van der Waals surface area (Å²) >= 11 is 4.78. The molecule has 0 aromatic heterocycles. The molecule has 0 saturated heterocycles. The van der Waals surface area contributed by atoms with Gasteiger partial charge in [0.05, 0.1) is 6.61 Å². The molecule has 1 amide bonds. The van der Waals surface area contributed by atoms with Gasteiger partial charge < -0.3 is 10.1 Å². The van der Waals surface area contributed by atoms with Crippen molar-refractivity contribution >= 4 is 23.4 Å². The highest BCUT2D eigenvalue weighted by Crippen LogP contribution is 1.84. The first-order valence-electron chi connectivity index (χ1n) is 4.14. The minimum Gasteiger partial charge on any atom is -0.449 e. The number of hydrogen-bond donors (Lipinski definition) is 2. The fourth-order valence-electron chi connectivity index (χ4n) is 0.573. The van der Waals surface area contributed by atoms with Crippen LogP contribution >= 0.6 is 12.2 Å². The van der Waals surface area contributed by atoms with Gasteiger partial charge in [-0.3, -0.25) is 5.32 Å². The fraction of sp³-hybridized carbons (Fsp3) is 0.333. The van der Waals surface area contributed by atoms with Crippen molar-refractivity contribution in [2.45, 2.75) is 6.42 Å². The molecule has 0 aliphatic rings. The average molecular weight is 214 g/mol. The molecule has 0 spiro atoms. The van der Waals surface area contributed by atoms with Crippen LogP contribution in [-0.4, -0.2) is 24.4 Å². The molecule has 0 heterocycles. The normalized spacial score (nSPS) is 8.57. The Bertz CT molecular complexity index is 229. The van der Waals surface area contributed by atoms with Crippen LogP contribution in [0, 0.1) is 0 Å². The number of amides is 1. The Kier molecular flexibility index (Phi) is 7.45. The van der Waals surface area contributed by atoms with Crippen molar-refractivity contribution in [1.82, 2.24) is 10.6 Å². The van der Waals surface area contributed by atoms with Crippen LogP contribution in [0.4, 0.5) is 4.79 Å². The van der Waals surface area contributed by atoms with Gasteiger partial charge in [0.2, 0.25) is 0 Å². The van der Waals surface area contributed by atoms with Crippen LogP contribution in [0.5, 0.6) is 0 Å². The van der Waals surface area contributed by atoms with Crippen LogP contribution in [0.1, 0.15) is 6.42 Å². The standard InChI is InChI=1S/C9H14N2O2S/c1-3-5-7-13-9(12)11-8(14)10-6-4-2/h3-4H,1-2,5-7H2,(H2,10,11,12,14). The van der Waals surface area contributed by atoms with Crippen molar-refractivity contribution in [3.05, 3.63) is 25.3 Å². The summed E-state index contributed by atoms with van der Waals surface area (Å²) in [6.07, 6.45) is 3.37. The quantitative estimate of drug-likeness (QED) is 0.412. The van der Waals surface area contributed by atoms with E-state index in [-0.39, 0.29) is 5.11 Å². The van der Waals surface area contributed by atoms with Gasteiger partial charge in [0.15, 0.2) is 5.11 Å². The number of nitrogens with one attached hydrogen (secondary N) is 2. The van der Waals surface area contributed by atoms with Crippen molar-refractivity contribution in [2.75, 3.05) is 13.2 Å². The second-order valence-corrected chi connectivity index (χ2v) is 2.75. The molecule has 0 saturated carbocycles. The molecular weight excluding hydrogens is 200 g/mol. The van der Waals surface area contributed by atoms with Gasteiger partial charge in [0.1, 0.15) is 0 Å². The van der Waals surface area contributed by atoms with Gasteiger partial charge in [-0.05, 0) is 18.6 Å². The number of thiocarbonyl (C=S) groups is 1. The third-order valence-corrected chi connectivity index (χ3v) is 1.42. The van der Waals surface area contributed by atoms with E-state index in [0.717, 1.165) is 0 Å². The molecule has 0 fully saturated rings. The van der Waals surface area contributed by atoms with Crippen LogP contribution in [-0.2, 0) is 4.74 Å². The molecule has 4 nitrogen and oxygen atoms in total. The predicted molar refractivity (Wildman–Crippen MR) is 60.1 cm³/mol. The fourth-order valence-corrected chi connectivity index (χ4v) is 0.739. The zero-order valence-electron chi connectivity index (χ0n) is 7.91. The third kappa shape index (κ3) is 7.30. The zero-order valence-corrected chi connectivity index (χ0v) is 8.73. The van der Waals surface area contributed by atoms with Gasteiger partial charge in [-0.15, -0.1) is 13.2 Å². The zero-order chi connectivity index (χ0) is 10.8. The molecule has 0 radical (unpaired) electrons. The van der Waals surface area contributed by atoms with Gasteiger partial charge in [-0.1, -0.05) is 12.2 Å². The van der Waals surface area contributed by atoms with Gasteiger partial charge in [-0.25, -0.2) is 4.79 Å². The largest absolute Gasteiger partial charge is 0.449 e. The van der Waals surface area contributed by atoms with Crippen LogP contribution < -0.4 is 10.6 Å². The van der Waals surface area contributed by atoms with Gasteiger partial charge in [0, 0.05) is 6.54 Å². The van der Waals surface area contributed by atoms with E-state index in [1.165, 1.54) is 0 Å². The molecule has 5 heteroatoms. The van der Waals surface area contributed by atoms with E-state index in [9.17, 15) is 4.79 Å². The lowest BCUT2D eigenvalue weighted by Crippen LogP contribution is -2.39. The summed E-state index contributed by atoms with van der Waals surface area (Å²) < 4.78 is 4.76. The molecule has 0 rings (SSSR count). The lowest BCUT2D eigenvalue weighted by molar-refractivity contribution is 0.153. The maximum Gasteiger partial charge on any atom is 0.413 e. The smallest absolute Gasteiger partial charge is 0.413 e. The minimum atomic E-state index is -0.562. The summed E-state index contributed by atoms with van der Waals surface area (Å²) in [4.78, 5) is 11.0. The Morgan fingerprint density at radius 2 is 2.14 bits per heavy atom. The van der Waals surface area contributed by atoms with Crippen LogP contribution in [0.15, 0.2) is 25.3 Å². The lowest BCUT2D eigenvalue weighted by atomic mass is 10.5. The lowest BCUT2D eigenvalue weighted by Gasteiger charge is -2.07. The molecule has 14 heavy (non-hydrogen) atoms. The number of carbonyl (C=O) groups excluding carboxylic acids is 1. The van der Waals surface area contributed by atoms with Crippen molar-refractivity contribution in [3.63, 3.8) is 0 Å². The summed E-state index contributed by atoms with van der Waals surface area (Å²) in [6, 6.07) is 0. The van der Waals surface area contributed by atoms with E-state index in [2.05, 4.69) is 23.8 Å². The predicted octanol–water partition coefficient (Wildman–Crippen LogP) is 1.35. The monoisotopic (exact) mass is 214 g/mol. The summed E-state index contributed by atoms with van der Waals surface area (Å²) in [5.41, 5.74) is 0. The molecule has 0 unspecified atom stereocenters. The Morgan fingerprint density at radius 1 is 1.43 bits per heavy atom. The number of ether oxygens (including phenoxy) is 1. The first-order chi connectivity index (χ1) is 6.70. The van der Waals surface area contributed by atoms with Gasteiger partial charge >= 0.3 is 6.09 Å². The highest BCUT2D eigenvalue weighted by Gasteiger charge is 2.02. The van der Waals surface area contributed by atoms with E-state index < -0.39 is 6.09 Å². The molecule has 0 aromatic rings. The molecule has 0 atom stereocenters. The topological polar surface area (TPSA) is 50.4 Å².